The summed E-state index contributed by atoms with van der Waals surface area (Å²) >= 11 is 0. The molecule has 0 radical (unpaired) electrons. The van der Waals surface area contributed by atoms with Crippen LogP contribution in [0.1, 0.15) is 26.7 Å². The lowest BCUT2D eigenvalue weighted by molar-refractivity contribution is -0.118. The number of amides is 1. The highest BCUT2D eigenvalue weighted by Gasteiger charge is 2.03. The second-order valence-electron chi connectivity index (χ2n) is 3.23. The number of nitrogens with one attached hydrogen (secondary N) is 1. The van der Waals surface area contributed by atoms with E-state index in [1.165, 1.54) is 0 Å². The zero-order valence-corrected chi connectivity index (χ0v) is 7.89. The lowest BCUT2D eigenvalue weighted by Crippen LogP contribution is -2.31. The highest BCUT2D eigenvalue weighted by atomic mass is 16.1. The lowest BCUT2D eigenvalue weighted by Gasteiger charge is -2.11. The van der Waals surface area contributed by atoms with Gasteiger partial charge in [-0.15, -0.1) is 6.58 Å². The van der Waals surface area contributed by atoms with Crippen LogP contribution < -0.4 is 11.1 Å². The topological polar surface area (TPSA) is 55.1 Å². The van der Waals surface area contributed by atoms with E-state index in [0.29, 0.717) is 6.42 Å². The maximum Gasteiger partial charge on any atom is 0.218 e. The summed E-state index contributed by atoms with van der Waals surface area (Å²) in [5.74, 6) is -0.259. The fourth-order valence-electron chi connectivity index (χ4n) is 0.906. The summed E-state index contributed by atoms with van der Waals surface area (Å²) < 4.78 is 0. The number of hydrogen-bond acceptors (Lipinski definition) is 2. The summed E-state index contributed by atoms with van der Waals surface area (Å²) in [5.41, 5.74) is 6.18. The summed E-state index contributed by atoms with van der Waals surface area (Å²) in [4.78, 5) is 10.5. The number of primary amides is 1. The average molecular weight is 170 g/mol. The van der Waals surface area contributed by atoms with Crippen molar-refractivity contribution in [1.29, 1.82) is 0 Å². The largest absolute Gasteiger partial charge is 0.370 e. The molecule has 0 saturated heterocycles. The van der Waals surface area contributed by atoms with E-state index in [1.807, 2.05) is 13.8 Å². The van der Waals surface area contributed by atoms with E-state index >= 15 is 0 Å². The van der Waals surface area contributed by atoms with Gasteiger partial charge in [0.25, 0.3) is 0 Å². The van der Waals surface area contributed by atoms with Crippen molar-refractivity contribution >= 4 is 5.91 Å². The molecule has 0 spiro atoms. The molecule has 0 bridgehead atoms. The fraction of sp³-hybridized carbons (Fsp3) is 0.667. The van der Waals surface area contributed by atoms with Gasteiger partial charge >= 0.3 is 0 Å². The van der Waals surface area contributed by atoms with Crippen molar-refractivity contribution in [3.8, 4) is 0 Å². The second-order valence-corrected chi connectivity index (χ2v) is 3.23. The van der Waals surface area contributed by atoms with Gasteiger partial charge in [0.15, 0.2) is 0 Å². The van der Waals surface area contributed by atoms with Crippen LogP contribution in [-0.4, -0.2) is 18.5 Å². The lowest BCUT2D eigenvalue weighted by atomic mass is 10.2. The minimum Gasteiger partial charge on any atom is -0.370 e. The molecule has 1 unspecified atom stereocenters. The summed E-state index contributed by atoms with van der Waals surface area (Å²) in [6.07, 6.45) is 1.35. The van der Waals surface area contributed by atoms with Crippen LogP contribution in [0, 0.1) is 0 Å². The van der Waals surface area contributed by atoms with E-state index in [0.717, 1.165) is 18.5 Å². The molecule has 3 N–H and O–H groups in total. The van der Waals surface area contributed by atoms with E-state index in [2.05, 4.69) is 11.9 Å². The molecule has 0 aromatic heterocycles. The third kappa shape index (κ3) is 7.28. The van der Waals surface area contributed by atoms with Crippen molar-refractivity contribution in [3.05, 3.63) is 12.2 Å². The van der Waals surface area contributed by atoms with Crippen molar-refractivity contribution < 1.29 is 4.79 Å². The zero-order valence-electron chi connectivity index (χ0n) is 7.89. The van der Waals surface area contributed by atoms with E-state index in [4.69, 9.17) is 5.73 Å². The van der Waals surface area contributed by atoms with E-state index in [9.17, 15) is 4.79 Å². The van der Waals surface area contributed by atoms with Crippen LogP contribution in [-0.2, 0) is 4.79 Å². The number of carbonyl (C=O) groups is 1. The molecule has 12 heavy (non-hydrogen) atoms. The first kappa shape index (κ1) is 11.2. The monoisotopic (exact) mass is 170 g/mol. The zero-order chi connectivity index (χ0) is 9.56. The van der Waals surface area contributed by atoms with Gasteiger partial charge in [0.2, 0.25) is 5.91 Å². The molecule has 0 aromatic rings. The number of nitrogens with two attached hydrogens (primary N) is 1. The van der Waals surface area contributed by atoms with Gasteiger partial charge in [0.1, 0.15) is 0 Å². The Balaban J connectivity index is 3.37. The Kier molecular flexibility index (Phi) is 5.37. The van der Waals surface area contributed by atoms with Crippen molar-refractivity contribution in [2.75, 3.05) is 6.54 Å². The first-order valence-electron chi connectivity index (χ1n) is 4.18. The predicted molar refractivity (Wildman–Crippen MR) is 50.7 cm³/mol. The maximum atomic E-state index is 10.5. The summed E-state index contributed by atoms with van der Waals surface area (Å²) in [5, 5.41) is 3.18. The fourth-order valence-corrected chi connectivity index (χ4v) is 0.906. The van der Waals surface area contributed by atoms with Crippen LogP contribution >= 0.6 is 0 Å². The molecule has 0 heterocycles. The molecule has 0 aromatic carbocycles. The standard InChI is InChI=1S/C9H18N2O/c1-7(2)4-5-11-8(3)6-9(10)12/h8,11H,1,4-6H2,2-3H3,(H2,10,12). The third-order valence-corrected chi connectivity index (χ3v) is 1.55. The predicted octanol–water partition coefficient (Wildman–Crippen LogP) is 0.806. The second kappa shape index (κ2) is 5.77. The van der Waals surface area contributed by atoms with E-state index in [-0.39, 0.29) is 11.9 Å². The van der Waals surface area contributed by atoms with Gasteiger partial charge < -0.3 is 11.1 Å². The molecule has 1 atom stereocenters. The molecule has 70 valence electrons. The normalized spacial score (nSPS) is 12.5. The highest BCUT2D eigenvalue weighted by molar-refractivity contribution is 5.74. The molecular formula is C9H18N2O. The molecule has 0 aliphatic heterocycles. The minimum atomic E-state index is -0.259. The summed E-state index contributed by atoms with van der Waals surface area (Å²) in [6, 6.07) is 0.168. The molecule has 1 amide bonds. The molecule has 0 fully saturated rings. The van der Waals surface area contributed by atoms with Crippen molar-refractivity contribution in [3.63, 3.8) is 0 Å². The maximum absolute atomic E-state index is 10.5. The SMILES string of the molecule is C=C(C)CCNC(C)CC(N)=O. The van der Waals surface area contributed by atoms with Gasteiger partial charge in [-0.1, -0.05) is 5.57 Å². The Bertz CT molecular complexity index is 166. The highest BCUT2D eigenvalue weighted by Crippen LogP contribution is 1.94. The number of hydrogen-bond donors (Lipinski definition) is 2. The van der Waals surface area contributed by atoms with Crippen LogP contribution in [0.25, 0.3) is 0 Å². The Labute approximate surface area is 74.0 Å². The van der Waals surface area contributed by atoms with E-state index < -0.39 is 0 Å². The third-order valence-electron chi connectivity index (χ3n) is 1.55. The van der Waals surface area contributed by atoms with Gasteiger partial charge in [-0.3, -0.25) is 4.79 Å². The molecule has 0 aliphatic rings. The van der Waals surface area contributed by atoms with Crippen LogP contribution in [0.5, 0.6) is 0 Å². The average Bonchev–Trinajstić information content (AvgIpc) is 1.84. The molecule has 0 rings (SSSR count). The van der Waals surface area contributed by atoms with Gasteiger partial charge in [0, 0.05) is 12.5 Å². The quantitative estimate of drug-likeness (QED) is 0.579. The first-order valence-corrected chi connectivity index (χ1v) is 4.18. The molecule has 0 aliphatic carbocycles. The van der Waals surface area contributed by atoms with Crippen LogP contribution in [0.3, 0.4) is 0 Å². The molecule has 3 heteroatoms. The molecular weight excluding hydrogens is 152 g/mol. The van der Waals surface area contributed by atoms with Crippen LogP contribution in [0.15, 0.2) is 12.2 Å². The minimum absolute atomic E-state index is 0.168. The Morgan fingerprint density at radius 3 is 2.67 bits per heavy atom. The van der Waals surface area contributed by atoms with Gasteiger partial charge in [0.05, 0.1) is 0 Å². The summed E-state index contributed by atoms with van der Waals surface area (Å²) in [7, 11) is 0. The number of rotatable bonds is 6. The van der Waals surface area contributed by atoms with Crippen molar-refractivity contribution in [2.45, 2.75) is 32.7 Å². The molecule has 3 nitrogen and oxygen atoms in total. The Hall–Kier alpha value is -0.830. The smallest absolute Gasteiger partial charge is 0.218 e. The first-order chi connectivity index (χ1) is 5.52. The molecule has 0 saturated carbocycles. The summed E-state index contributed by atoms with van der Waals surface area (Å²) in [6.45, 7) is 8.58. The van der Waals surface area contributed by atoms with Crippen molar-refractivity contribution in [2.24, 2.45) is 5.73 Å². The van der Waals surface area contributed by atoms with E-state index in [1.54, 1.807) is 0 Å². The van der Waals surface area contributed by atoms with Crippen molar-refractivity contribution in [1.82, 2.24) is 5.32 Å². The number of carbonyl (C=O) groups excluding carboxylic acids is 1. The Morgan fingerprint density at radius 1 is 1.67 bits per heavy atom. The van der Waals surface area contributed by atoms with Gasteiger partial charge in [-0.2, -0.15) is 0 Å². The van der Waals surface area contributed by atoms with Crippen LogP contribution in [0.4, 0.5) is 0 Å². The van der Waals surface area contributed by atoms with Crippen LogP contribution in [0.2, 0.25) is 0 Å². The Morgan fingerprint density at radius 2 is 2.25 bits per heavy atom. The van der Waals surface area contributed by atoms with Gasteiger partial charge in [-0.05, 0) is 26.8 Å². The van der Waals surface area contributed by atoms with Gasteiger partial charge in [-0.25, -0.2) is 0 Å².